The molecule has 0 atom stereocenters. The van der Waals surface area contributed by atoms with Crippen LogP contribution in [0.3, 0.4) is 0 Å². The highest BCUT2D eigenvalue weighted by atomic mass is 16.4. The SMILES string of the molecule is Cc1ccc2cc(-c3cccc(-c4ccc(C#N)cc4)c3)ccc2c1.N#Cc1ccc(-c2cccc(-c3ccc4cc(-c5ccc6c7c(cccc57)-c5ccccc5-6)ccc4c3)c2)cc1.OB(O)c1ccc2c3c(cccc13)-c1ccccc1-2. The van der Waals surface area contributed by atoms with Gasteiger partial charge in [-0.15, -0.1) is 0 Å². The van der Waals surface area contributed by atoms with Crippen LogP contribution in [0.25, 0.3) is 143 Å². The van der Waals surface area contributed by atoms with Gasteiger partial charge < -0.3 is 10.0 Å². The highest BCUT2D eigenvalue weighted by Crippen LogP contribution is 2.50. The van der Waals surface area contributed by atoms with Gasteiger partial charge in [-0.2, -0.15) is 10.5 Å². The van der Waals surface area contributed by atoms with Gasteiger partial charge >= 0.3 is 7.12 Å². The smallest absolute Gasteiger partial charge is 0.423 e. The Morgan fingerprint density at radius 1 is 0.274 bits per heavy atom. The third kappa shape index (κ3) is 9.37. The van der Waals surface area contributed by atoms with Crippen LogP contribution in [0.15, 0.2) is 279 Å². The molecular weight excluding hydrogens is 1020 g/mol. The fourth-order valence-electron chi connectivity index (χ4n) is 12.5. The van der Waals surface area contributed by atoms with Gasteiger partial charge in [-0.25, -0.2) is 0 Å². The molecule has 14 aromatic carbocycles. The van der Waals surface area contributed by atoms with Gasteiger partial charge in [-0.05, 0) is 210 Å². The van der Waals surface area contributed by atoms with E-state index in [1.54, 1.807) is 6.07 Å². The third-order valence-electron chi connectivity index (χ3n) is 16.6. The summed E-state index contributed by atoms with van der Waals surface area (Å²) in [6, 6.07) is 102. The average Bonchev–Trinajstić information content (AvgIpc) is 4.26. The molecule has 84 heavy (non-hydrogen) atoms. The van der Waals surface area contributed by atoms with E-state index < -0.39 is 7.12 Å². The summed E-state index contributed by atoms with van der Waals surface area (Å²) in [5.74, 6) is 0. The maximum atomic E-state index is 9.50. The minimum absolute atomic E-state index is 0.563. The Morgan fingerprint density at radius 3 is 1.11 bits per heavy atom. The number of benzene rings is 14. The van der Waals surface area contributed by atoms with E-state index in [1.165, 1.54) is 116 Å². The minimum atomic E-state index is -1.44. The Hall–Kier alpha value is -10.9. The summed E-state index contributed by atoms with van der Waals surface area (Å²) in [6.07, 6.45) is 0. The van der Waals surface area contributed by atoms with Crippen molar-refractivity contribution in [2.24, 2.45) is 0 Å². The molecule has 0 spiro atoms. The van der Waals surface area contributed by atoms with E-state index in [4.69, 9.17) is 10.5 Å². The van der Waals surface area contributed by atoms with Crippen LogP contribution in [0.5, 0.6) is 0 Å². The van der Waals surface area contributed by atoms with Crippen LogP contribution in [0, 0.1) is 29.6 Å². The molecule has 0 saturated heterocycles. The predicted octanol–water partition coefficient (Wildman–Crippen LogP) is 19.0. The highest BCUT2D eigenvalue weighted by Gasteiger charge is 2.25. The maximum absolute atomic E-state index is 9.50. The second-order valence-corrected chi connectivity index (χ2v) is 21.7. The van der Waals surface area contributed by atoms with E-state index in [1.807, 2.05) is 78.9 Å². The number of rotatable bonds is 6. The molecule has 392 valence electrons. The zero-order chi connectivity index (χ0) is 56.8. The lowest BCUT2D eigenvalue weighted by molar-refractivity contribution is 0.426. The van der Waals surface area contributed by atoms with Gasteiger partial charge in [0, 0.05) is 0 Å². The van der Waals surface area contributed by atoms with E-state index in [-0.39, 0.29) is 0 Å². The first-order chi connectivity index (χ1) is 41.3. The molecule has 0 amide bonds. The fourth-order valence-corrected chi connectivity index (χ4v) is 12.5. The first-order valence-electron chi connectivity index (χ1n) is 28.2. The first-order valence-corrected chi connectivity index (χ1v) is 28.2. The minimum Gasteiger partial charge on any atom is -0.423 e. The van der Waals surface area contributed by atoms with Crippen LogP contribution in [0.4, 0.5) is 0 Å². The Labute approximate surface area is 488 Å². The molecule has 0 aromatic heterocycles. The van der Waals surface area contributed by atoms with Crippen molar-refractivity contribution >= 4 is 55.7 Å². The molecule has 0 fully saturated rings. The lowest BCUT2D eigenvalue weighted by Crippen LogP contribution is -2.30. The Morgan fingerprint density at radius 2 is 0.619 bits per heavy atom. The van der Waals surface area contributed by atoms with Gasteiger partial charge in [0.2, 0.25) is 0 Å². The molecule has 16 rings (SSSR count). The quantitative estimate of drug-likeness (QED) is 0.162. The van der Waals surface area contributed by atoms with Crippen molar-refractivity contribution in [1.29, 1.82) is 10.5 Å². The van der Waals surface area contributed by atoms with Crippen LogP contribution in [-0.4, -0.2) is 17.2 Å². The zero-order valence-electron chi connectivity index (χ0n) is 45.9. The van der Waals surface area contributed by atoms with Crippen molar-refractivity contribution in [2.75, 3.05) is 0 Å². The van der Waals surface area contributed by atoms with Gasteiger partial charge in [0.25, 0.3) is 0 Å². The van der Waals surface area contributed by atoms with Crippen molar-refractivity contribution in [2.45, 2.75) is 6.92 Å². The van der Waals surface area contributed by atoms with Crippen molar-refractivity contribution in [3.63, 3.8) is 0 Å². The molecule has 0 heterocycles. The zero-order valence-corrected chi connectivity index (χ0v) is 45.9. The molecule has 5 heteroatoms. The van der Waals surface area contributed by atoms with Crippen LogP contribution in [0.2, 0.25) is 0 Å². The van der Waals surface area contributed by atoms with Gasteiger partial charge in [0.15, 0.2) is 0 Å². The topological polar surface area (TPSA) is 88.0 Å². The number of hydrogen-bond acceptors (Lipinski definition) is 4. The van der Waals surface area contributed by atoms with Crippen LogP contribution < -0.4 is 5.46 Å². The molecule has 14 aromatic rings. The molecule has 0 bridgehead atoms. The number of nitriles is 2. The number of aryl methyl sites for hydroxylation is 1. The van der Waals surface area contributed by atoms with E-state index in [2.05, 4.69) is 213 Å². The Balaban J connectivity index is 0.000000122. The predicted molar refractivity (Wildman–Crippen MR) is 349 cm³/mol. The molecule has 4 nitrogen and oxygen atoms in total. The second kappa shape index (κ2) is 21.5. The summed E-state index contributed by atoms with van der Waals surface area (Å²) in [6.45, 7) is 2.12. The largest absolute Gasteiger partial charge is 0.489 e. The summed E-state index contributed by atoms with van der Waals surface area (Å²) >= 11 is 0. The lowest BCUT2D eigenvalue weighted by Gasteiger charge is -2.12. The van der Waals surface area contributed by atoms with Crippen LogP contribution in [-0.2, 0) is 0 Å². The Bertz CT molecular complexity index is 4970. The van der Waals surface area contributed by atoms with Gasteiger partial charge in [-0.1, -0.05) is 230 Å². The molecule has 0 unspecified atom stereocenters. The van der Waals surface area contributed by atoms with E-state index in [0.717, 1.165) is 33.0 Å². The fraction of sp³-hybridized carbons (Fsp3) is 0.0127. The summed E-state index contributed by atoms with van der Waals surface area (Å²) in [5, 5.41) is 46.7. The summed E-state index contributed by atoms with van der Waals surface area (Å²) in [7, 11) is -1.44. The molecule has 0 aliphatic heterocycles. The molecule has 2 aliphatic rings. The van der Waals surface area contributed by atoms with Crippen LogP contribution in [0.1, 0.15) is 16.7 Å². The maximum Gasteiger partial charge on any atom is 0.489 e. The summed E-state index contributed by atoms with van der Waals surface area (Å²) in [5.41, 5.74) is 25.1. The first kappa shape index (κ1) is 51.2. The molecule has 2 N–H and O–H groups in total. The van der Waals surface area contributed by atoms with Gasteiger partial charge in [-0.3, -0.25) is 0 Å². The number of nitrogens with zero attached hydrogens (tertiary/aromatic N) is 2. The van der Waals surface area contributed by atoms with Crippen LogP contribution >= 0.6 is 0 Å². The van der Waals surface area contributed by atoms with Crippen molar-refractivity contribution in [3.8, 4) is 112 Å². The summed E-state index contributed by atoms with van der Waals surface area (Å²) in [4.78, 5) is 0. The molecule has 2 aliphatic carbocycles. The standard InChI is InChI=1S/C39H23N.C24H17N.C16H11BO2/c40-24-25-11-13-26(14-12-25)27-5-3-6-28(21-27)29-15-16-31-23-32(18-17-30(31)22-29)33-19-20-38-35-8-2-1-7-34(35)37-10-4-9-36(33)39(37)38;1-17-5-8-23-15-24(12-11-22(23)13-17)21-4-2-3-20(14-21)19-9-6-18(16-25)7-10-19;18-17(19)15-9-8-13-11-5-2-1-4-10(11)12-6-3-7-14(15)16(12)13/h1-23H;2-15H,1H3;1-9,18-19H. The van der Waals surface area contributed by atoms with Gasteiger partial charge in [0.1, 0.15) is 0 Å². The van der Waals surface area contributed by atoms with Crippen molar-refractivity contribution in [1.82, 2.24) is 0 Å². The third-order valence-corrected chi connectivity index (χ3v) is 16.6. The van der Waals surface area contributed by atoms with E-state index in [0.29, 0.717) is 16.6 Å². The highest BCUT2D eigenvalue weighted by molar-refractivity contribution is 6.62. The van der Waals surface area contributed by atoms with E-state index >= 15 is 0 Å². The lowest BCUT2D eigenvalue weighted by atomic mass is 9.76. The Kier molecular flexibility index (Phi) is 13.1. The molecule has 0 radical (unpaired) electrons. The number of hydrogen-bond donors (Lipinski definition) is 2. The normalized spacial score (nSPS) is 11.2. The average molecular weight is 1070 g/mol. The van der Waals surface area contributed by atoms with Crippen molar-refractivity contribution < 1.29 is 10.0 Å². The monoisotopic (exact) mass is 1070 g/mol. The molecular formula is C79H51BN2O2. The molecule has 0 saturated carbocycles. The second-order valence-electron chi connectivity index (χ2n) is 21.7. The number of fused-ring (bicyclic) bond motifs is 8. The van der Waals surface area contributed by atoms with Gasteiger partial charge in [0.05, 0.1) is 23.3 Å². The summed E-state index contributed by atoms with van der Waals surface area (Å²) < 4.78 is 0. The van der Waals surface area contributed by atoms with Crippen molar-refractivity contribution in [3.05, 3.63) is 296 Å². The van der Waals surface area contributed by atoms with E-state index in [9.17, 15) is 10.0 Å².